The first kappa shape index (κ1) is 24.1. The van der Waals surface area contributed by atoms with Gasteiger partial charge in [-0.15, -0.1) is 0 Å². The predicted molar refractivity (Wildman–Crippen MR) is 139 cm³/mol. The first-order chi connectivity index (χ1) is 16.3. The Morgan fingerprint density at radius 2 is 1.97 bits per heavy atom. The molecule has 2 N–H and O–H groups in total. The minimum absolute atomic E-state index is 0.218. The summed E-state index contributed by atoms with van der Waals surface area (Å²) in [4.78, 5) is 28.4. The van der Waals surface area contributed by atoms with E-state index in [1.165, 1.54) is 11.8 Å². The van der Waals surface area contributed by atoms with Gasteiger partial charge in [-0.1, -0.05) is 35.9 Å². The van der Waals surface area contributed by atoms with E-state index in [-0.39, 0.29) is 11.5 Å². The summed E-state index contributed by atoms with van der Waals surface area (Å²) in [6.45, 7) is 2.17. The van der Waals surface area contributed by atoms with Crippen molar-refractivity contribution in [2.24, 2.45) is 4.99 Å². The smallest absolute Gasteiger partial charge is 0.335 e. The van der Waals surface area contributed by atoms with E-state index in [0.717, 1.165) is 21.2 Å². The van der Waals surface area contributed by atoms with Gasteiger partial charge < -0.3 is 15.2 Å². The van der Waals surface area contributed by atoms with Gasteiger partial charge >= 0.3 is 5.97 Å². The molecule has 3 aromatic carbocycles. The molecule has 6 nitrogen and oxygen atoms in total. The SMILES string of the molecule is Cc1c(Cl)cccc1N=C1NC(=O)/C(=C\c2ccc(OCc3ccc(C(=O)O)cc3)c(Br)c2)S1. The fraction of sp³-hybridized carbons (Fsp3) is 0.0800. The molecule has 9 heteroatoms. The zero-order valence-corrected chi connectivity index (χ0v) is 21.0. The van der Waals surface area contributed by atoms with E-state index in [1.807, 2.05) is 37.3 Å². The number of carboxylic acids is 1. The number of nitrogens with one attached hydrogen (secondary N) is 1. The maximum absolute atomic E-state index is 12.4. The number of amidine groups is 1. The monoisotopic (exact) mass is 556 g/mol. The van der Waals surface area contributed by atoms with Gasteiger partial charge in [0.25, 0.3) is 5.91 Å². The Hall–Kier alpha value is -3.07. The Morgan fingerprint density at radius 1 is 1.21 bits per heavy atom. The summed E-state index contributed by atoms with van der Waals surface area (Å²) in [5, 5.41) is 12.9. The molecule has 1 saturated heterocycles. The number of aliphatic imine (C=N–C) groups is 1. The first-order valence-electron chi connectivity index (χ1n) is 10.1. The van der Waals surface area contributed by atoms with Gasteiger partial charge in [-0.2, -0.15) is 0 Å². The number of carboxylic acid groups (broad SMARTS) is 1. The van der Waals surface area contributed by atoms with Crippen LogP contribution in [0.2, 0.25) is 5.02 Å². The molecule has 1 amide bonds. The van der Waals surface area contributed by atoms with E-state index in [2.05, 4.69) is 26.2 Å². The summed E-state index contributed by atoms with van der Waals surface area (Å²) in [7, 11) is 0. The highest BCUT2D eigenvalue weighted by molar-refractivity contribution is 9.10. The molecule has 1 fully saturated rings. The fourth-order valence-corrected chi connectivity index (χ4v) is 4.60. The number of carbonyl (C=O) groups excluding carboxylic acids is 1. The van der Waals surface area contributed by atoms with Crippen LogP contribution in [0, 0.1) is 6.92 Å². The van der Waals surface area contributed by atoms with Crippen molar-refractivity contribution in [3.05, 3.63) is 97.3 Å². The molecule has 0 saturated carbocycles. The third-order valence-electron chi connectivity index (χ3n) is 4.96. The van der Waals surface area contributed by atoms with Gasteiger partial charge in [0.2, 0.25) is 0 Å². The van der Waals surface area contributed by atoms with Crippen molar-refractivity contribution in [2.75, 3.05) is 0 Å². The standard InChI is InChI=1S/C25H18BrClN2O4S/c1-14-19(27)3-2-4-20(14)28-25-29-23(30)22(34-25)12-16-7-10-21(18(26)11-16)33-13-15-5-8-17(9-6-15)24(31)32/h2-12H,13H2,1H3,(H,31,32)(H,28,29,30)/b22-12+. The van der Waals surface area contributed by atoms with E-state index in [0.29, 0.717) is 33.1 Å². The molecule has 0 bridgehead atoms. The minimum atomic E-state index is -0.966. The van der Waals surface area contributed by atoms with Gasteiger partial charge in [-0.25, -0.2) is 9.79 Å². The molecule has 172 valence electrons. The number of benzene rings is 3. The minimum Gasteiger partial charge on any atom is -0.488 e. The van der Waals surface area contributed by atoms with Crippen LogP contribution in [0.5, 0.6) is 5.75 Å². The molecule has 4 rings (SSSR count). The Kier molecular flexibility index (Phi) is 7.41. The molecular formula is C25H18BrClN2O4S. The highest BCUT2D eigenvalue weighted by Crippen LogP contribution is 2.33. The van der Waals surface area contributed by atoms with Crippen molar-refractivity contribution in [2.45, 2.75) is 13.5 Å². The molecule has 3 aromatic rings. The molecule has 0 aliphatic carbocycles. The number of hydrogen-bond donors (Lipinski definition) is 2. The number of aromatic carboxylic acids is 1. The van der Waals surface area contributed by atoms with Crippen molar-refractivity contribution < 1.29 is 19.4 Å². The summed E-state index contributed by atoms with van der Waals surface area (Å²) in [6.07, 6.45) is 1.78. The van der Waals surface area contributed by atoms with Gasteiger partial charge in [0.1, 0.15) is 12.4 Å². The van der Waals surface area contributed by atoms with Crippen molar-refractivity contribution in [1.29, 1.82) is 0 Å². The van der Waals surface area contributed by atoms with Crippen molar-refractivity contribution in [1.82, 2.24) is 5.32 Å². The van der Waals surface area contributed by atoms with Crippen molar-refractivity contribution >= 4 is 68.1 Å². The largest absolute Gasteiger partial charge is 0.488 e. The third-order valence-corrected chi connectivity index (χ3v) is 6.90. The second-order valence-corrected chi connectivity index (χ2v) is 9.64. The number of halogens is 2. The van der Waals surface area contributed by atoms with Crippen LogP contribution in [0.25, 0.3) is 6.08 Å². The third kappa shape index (κ3) is 5.70. The summed E-state index contributed by atoms with van der Waals surface area (Å²) in [6, 6.07) is 17.5. The molecule has 0 atom stereocenters. The number of ether oxygens (including phenoxy) is 1. The van der Waals surface area contributed by atoms with Crippen LogP contribution >= 0.6 is 39.3 Å². The number of nitrogens with zero attached hydrogens (tertiary/aromatic N) is 1. The Morgan fingerprint density at radius 3 is 2.68 bits per heavy atom. The van der Waals surface area contributed by atoms with Crippen LogP contribution in [0.3, 0.4) is 0 Å². The van der Waals surface area contributed by atoms with Crippen LogP contribution < -0.4 is 10.1 Å². The highest BCUT2D eigenvalue weighted by Gasteiger charge is 2.24. The van der Waals surface area contributed by atoms with Gasteiger partial charge in [0.15, 0.2) is 5.17 Å². The van der Waals surface area contributed by atoms with Gasteiger partial charge in [-0.05, 0) is 93.8 Å². The van der Waals surface area contributed by atoms with Crippen LogP contribution in [-0.4, -0.2) is 22.2 Å². The molecule has 0 unspecified atom stereocenters. The quantitative estimate of drug-likeness (QED) is 0.334. The Balaban J connectivity index is 1.44. The van der Waals surface area contributed by atoms with Gasteiger partial charge in [0, 0.05) is 5.02 Å². The number of rotatable bonds is 6. The predicted octanol–water partition coefficient (Wildman–Crippen LogP) is 6.58. The lowest BCUT2D eigenvalue weighted by molar-refractivity contribution is -0.115. The van der Waals surface area contributed by atoms with E-state index in [1.54, 1.807) is 36.4 Å². The summed E-state index contributed by atoms with van der Waals surface area (Å²) in [5.41, 5.74) is 3.46. The maximum Gasteiger partial charge on any atom is 0.335 e. The lowest BCUT2D eigenvalue weighted by Crippen LogP contribution is -2.19. The van der Waals surface area contributed by atoms with Crippen molar-refractivity contribution in [3.63, 3.8) is 0 Å². The van der Waals surface area contributed by atoms with E-state index < -0.39 is 5.97 Å². The number of thioether (sulfide) groups is 1. The number of amides is 1. The molecule has 0 radical (unpaired) electrons. The number of hydrogen-bond acceptors (Lipinski definition) is 5. The van der Waals surface area contributed by atoms with Crippen LogP contribution in [0.15, 0.2) is 75.0 Å². The maximum atomic E-state index is 12.4. The van der Waals surface area contributed by atoms with E-state index in [9.17, 15) is 9.59 Å². The lowest BCUT2D eigenvalue weighted by Gasteiger charge is -2.09. The summed E-state index contributed by atoms with van der Waals surface area (Å²) >= 11 is 10.9. The summed E-state index contributed by atoms with van der Waals surface area (Å²) in [5.74, 6) is -0.552. The molecule has 0 spiro atoms. The molecule has 34 heavy (non-hydrogen) atoms. The van der Waals surface area contributed by atoms with Crippen LogP contribution in [-0.2, 0) is 11.4 Å². The van der Waals surface area contributed by atoms with Crippen LogP contribution in [0.4, 0.5) is 5.69 Å². The molecular weight excluding hydrogens is 540 g/mol. The average Bonchev–Trinajstić information content (AvgIpc) is 3.15. The van der Waals surface area contributed by atoms with Crippen LogP contribution in [0.1, 0.15) is 27.0 Å². The van der Waals surface area contributed by atoms with Gasteiger partial charge in [-0.3, -0.25) is 4.79 Å². The van der Waals surface area contributed by atoms with Gasteiger partial charge in [0.05, 0.1) is 20.6 Å². The number of carbonyl (C=O) groups is 2. The zero-order chi connectivity index (χ0) is 24.2. The average molecular weight is 558 g/mol. The topological polar surface area (TPSA) is 88.0 Å². The molecule has 1 aliphatic heterocycles. The van der Waals surface area contributed by atoms with E-state index in [4.69, 9.17) is 21.4 Å². The second-order valence-electron chi connectivity index (χ2n) is 7.35. The normalized spacial score (nSPS) is 15.6. The Bertz CT molecular complexity index is 1340. The second kappa shape index (κ2) is 10.5. The highest BCUT2D eigenvalue weighted by atomic mass is 79.9. The fourth-order valence-electron chi connectivity index (χ4n) is 3.09. The lowest BCUT2D eigenvalue weighted by atomic mass is 10.1. The summed E-state index contributed by atoms with van der Waals surface area (Å²) < 4.78 is 6.58. The molecule has 0 aromatic heterocycles. The molecule has 1 aliphatic rings. The first-order valence-corrected chi connectivity index (χ1v) is 12.1. The molecule has 1 heterocycles. The Labute approximate surface area is 213 Å². The zero-order valence-electron chi connectivity index (χ0n) is 17.8. The van der Waals surface area contributed by atoms with E-state index >= 15 is 0 Å². The van der Waals surface area contributed by atoms with Crippen molar-refractivity contribution in [3.8, 4) is 5.75 Å².